The predicted molar refractivity (Wildman–Crippen MR) is 46.2 cm³/mol. The van der Waals surface area contributed by atoms with Crippen LogP contribution in [-0.4, -0.2) is 13.0 Å². The Bertz CT molecular complexity index is 540. The van der Waals surface area contributed by atoms with Crippen LogP contribution in [-0.2, 0) is 10.1 Å². The summed E-state index contributed by atoms with van der Waals surface area (Å²) >= 11 is 0. The van der Waals surface area contributed by atoms with Gasteiger partial charge in [-0.1, -0.05) is 0 Å². The fourth-order valence-corrected chi connectivity index (χ4v) is 1.63. The van der Waals surface area contributed by atoms with E-state index in [1.807, 2.05) is 0 Å². The summed E-state index contributed by atoms with van der Waals surface area (Å²) in [5.74, 6) is -11.5. The van der Waals surface area contributed by atoms with Gasteiger partial charge in [0.1, 0.15) is 5.25 Å². The molecule has 0 saturated carbocycles. The molecule has 0 aliphatic carbocycles. The molecule has 0 heterocycles. The predicted octanol–water partition coefficient (Wildman–Crippen LogP) is 2.33. The SMILES string of the molecule is CC(c1c(F)c(F)c(F)c(F)c1F)S(=O)(=O)O. The fourth-order valence-electron chi connectivity index (χ4n) is 1.13. The van der Waals surface area contributed by atoms with Gasteiger partial charge in [0.15, 0.2) is 23.3 Å². The van der Waals surface area contributed by atoms with Crippen molar-refractivity contribution >= 4 is 10.1 Å². The second kappa shape index (κ2) is 4.22. The molecule has 0 saturated heterocycles. The van der Waals surface area contributed by atoms with E-state index in [2.05, 4.69) is 0 Å². The summed E-state index contributed by atoms with van der Waals surface area (Å²) in [7, 11) is -4.98. The molecule has 1 atom stereocenters. The molecule has 0 aromatic heterocycles. The molecule has 1 rings (SSSR count). The Kier molecular flexibility index (Phi) is 3.44. The maximum Gasteiger partial charge on any atom is 0.271 e. The lowest BCUT2D eigenvalue weighted by Crippen LogP contribution is -2.16. The van der Waals surface area contributed by atoms with Crippen LogP contribution in [0.4, 0.5) is 22.0 Å². The molecule has 96 valence electrons. The van der Waals surface area contributed by atoms with Crippen LogP contribution in [0.15, 0.2) is 0 Å². The average Bonchev–Trinajstić information content (AvgIpc) is 2.22. The molecule has 1 N–H and O–H groups in total. The molecule has 9 heteroatoms. The highest BCUT2D eigenvalue weighted by atomic mass is 32.2. The van der Waals surface area contributed by atoms with Crippen LogP contribution in [0.5, 0.6) is 0 Å². The van der Waals surface area contributed by atoms with Crippen molar-refractivity contribution in [2.24, 2.45) is 0 Å². The van der Waals surface area contributed by atoms with Gasteiger partial charge >= 0.3 is 0 Å². The lowest BCUT2D eigenvalue weighted by Gasteiger charge is -2.12. The van der Waals surface area contributed by atoms with Gasteiger partial charge in [-0.2, -0.15) is 8.42 Å². The van der Waals surface area contributed by atoms with Crippen molar-refractivity contribution in [1.82, 2.24) is 0 Å². The van der Waals surface area contributed by atoms with Crippen molar-refractivity contribution in [1.29, 1.82) is 0 Å². The first kappa shape index (κ1) is 13.8. The zero-order chi connectivity index (χ0) is 13.5. The minimum Gasteiger partial charge on any atom is -0.285 e. The lowest BCUT2D eigenvalue weighted by atomic mass is 10.1. The van der Waals surface area contributed by atoms with Gasteiger partial charge in [-0.25, -0.2) is 22.0 Å². The van der Waals surface area contributed by atoms with E-state index in [-0.39, 0.29) is 0 Å². The van der Waals surface area contributed by atoms with E-state index in [1.165, 1.54) is 0 Å². The van der Waals surface area contributed by atoms with Gasteiger partial charge in [-0.3, -0.25) is 4.55 Å². The van der Waals surface area contributed by atoms with Gasteiger partial charge in [0.05, 0.1) is 5.56 Å². The Labute approximate surface area is 92.6 Å². The number of hydrogen-bond acceptors (Lipinski definition) is 2. The topological polar surface area (TPSA) is 54.4 Å². The molecule has 0 aliphatic rings. The third-order valence-electron chi connectivity index (χ3n) is 2.10. The van der Waals surface area contributed by atoms with Crippen LogP contribution in [0, 0.1) is 29.1 Å². The molecule has 3 nitrogen and oxygen atoms in total. The first-order valence-corrected chi connectivity index (χ1v) is 5.57. The van der Waals surface area contributed by atoms with Crippen LogP contribution in [0.25, 0.3) is 0 Å². The number of rotatable bonds is 2. The zero-order valence-corrected chi connectivity index (χ0v) is 8.96. The van der Waals surface area contributed by atoms with Gasteiger partial charge in [-0.15, -0.1) is 0 Å². The highest BCUT2D eigenvalue weighted by molar-refractivity contribution is 7.86. The molecule has 0 spiro atoms. The lowest BCUT2D eigenvalue weighted by molar-refractivity contribution is 0.367. The second-order valence-corrected chi connectivity index (χ2v) is 4.88. The zero-order valence-electron chi connectivity index (χ0n) is 8.14. The van der Waals surface area contributed by atoms with E-state index >= 15 is 0 Å². The quantitative estimate of drug-likeness (QED) is 0.390. The number of hydrogen-bond donors (Lipinski definition) is 1. The molecule has 0 bridgehead atoms. The number of halogens is 5. The van der Waals surface area contributed by atoms with Crippen LogP contribution >= 0.6 is 0 Å². The smallest absolute Gasteiger partial charge is 0.271 e. The maximum absolute atomic E-state index is 13.1. The minimum absolute atomic E-state index is 0.591. The van der Waals surface area contributed by atoms with Crippen LogP contribution in [0.2, 0.25) is 0 Å². The van der Waals surface area contributed by atoms with E-state index in [1.54, 1.807) is 0 Å². The van der Waals surface area contributed by atoms with Gasteiger partial charge in [0.25, 0.3) is 10.1 Å². The summed E-state index contributed by atoms with van der Waals surface area (Å²) in [5, 5.41) is -2.27. The summed E-state index contributed by atoms with van der Waals surface area (Å²) in [6, 6.07) is 0. The monoisotopic (exact) mass is 276 g/mol. The fraction of sp³-hybridized carbons (Fsp3) is 0.250. The van der Waals surface area contributed by atoms with Gasteiger partial charge < -0.3 is 0 Å². The highest BCUT2D eigenvalue weighted by Crippen LogP contribution is 2.31. The van der Waals surface area contributed by atoms with Crippen molar-refractivity contribution in [3.05, 3.63) is 34.6 Å². The van der Waals surface area contributed by atoms with Crippen LogP contribution in [0.3, 0.4) is 0 Å². The Hall–Kier alpha value is -1.22. The molecule has 0 aliphatic heterocycles. The molecule has 0 fully saturated rings. The second-order valence-electron chi connectivity index (χ2n) is 3.14. The first-order chi connectivity index (χ1) is 7.59. The molecule has 0 amide bonds. The molecule has 0 radical (unpaired) electrons. The number of benzene rings is 1. The van der Waals surface area contributed by atoms with E-state index in [0.29, 0.717) is 6.92 Å². The van der Waals surface area contributed by atoms with Crippen molar-refractivity contribution in [3.63, 3.8) is 0 Å². The molecular weight excluding hydrogens is 271 g/mol. The third kappa shape index (κ3) is 2.25. The van der Waals surface area contributed by atoms with E-state index in [0.717, 1.165) is 0 Å². The van der Waals surface area contributed by atoms with Crippen LogP contribution < -0.4 is 0 Å². The van der Waals surface area contributed by atoms with Crippen molar-refractivity contribution in [2.75, 3.05) is 0 Å². The summed E-state index contributed by atoms with van der Waals surface area (Å²) < 4.78 is 94.0. The molecule has 1 aromatic rings. The van der Waals surface area contributed by atoms with E-state index in [4.69, 9.17) is 4.55 Å². The average molecular weight is 276 g/mol. The molecule has 1 unspecified atom stereocenters. The van der Waals surface area contributed by atoms with Gasteiger partial charge in [0.2, 0.25) is 5.82 Å². The van der Waals surface area contributed by atoms with Gasteiger partial charge in [-0.05, 0) is 6.92 Å². The molecule has 1 aromatic carbocycles. The van der Waals surface area contributed by atoms with Crippen molar-refractivity contribution < 1.29 is 34.9 Å². The maximum atomic E-state index is 13.1. The summed E-state index contributed by atoms with van der Waals surface area (Å²) in [4.78, 5) is 0. The van der Waals surface area contributed by atoms with E-state index < -0.39 is 50.0 Å². The van der Waals surface area contributed by atoms with Gasteiger partial charge in [0, 0.05) is 0 Å². The summed E-state index contributed by atoms with van der Waals surface area (Å²) in [5.41, 5.74) is -1.59. The Morgan fingerprint density at radius 1 is 0.882 bits per heavy atom. The normalized spacial score (nSPS) is 13.8. The Morgan fingerprint density at radius 2 is 1.18 bits per heavy atom. The van der Waals surface area contributed by atoms with Crippen molar-refractivity contribution in [3.8, 4) is 0 Å². The first-order valence-electron chi connectivity index (χ1n) is 4.06. The highest BCUT2D eigenvalue weighted by Gasteiger charge is 2.33. The van der Waals surface area contributed by atoms with Crippen LogP contribution in [0.1, 0.15) is 17.7 Å². The Morgan fingerprint density at radius 3 is 1.47 bits per heavy atom. The summed E-state index contributed by atoms with van der Waals surface area (Å²) in [6.07, 6.45) is 0. The Balaban J connectivity index is 3.67. The minimum atomic E-state index is -4.98. The molecular formula is C8H5F5O3S. The van der Waals surface area contributed by atoms with Crippen molar-refractivity contribution in [2.45, 2.75) is 12.2 Å². The third-order valence-corrected chi connectivity index (χ3v) is 3.23. The summed E-state index contributed by atoms with van der Waals surface area (Å²) in [6.45, 7) is 0.591. The molecule has 17 heavy (non-hydrogen) atoms. The standard InChI is InChI=1S/C8H5F5O3S/c1-2(17(14,15)16)3-4(9)6(11)8(13)7(12)5(3)10/h2H,1H3,(H,14,15,16). The largest absolute Gasteiger partial charge is 0.285 e. The van der Waals surface area contributed by atoms with E-state index in [9.17, 15) is 30.4 Å².